The number of ether oxygens (including phenoxy) is 3. The highest BCUT2D eigenvalue weighted by atomic mass is 16.5. The molecule has 1 aromatic carbocycles. The van der Waals surface area contributed by atoms with Crippen molar-refractivity contribution in [1.29, 1.82) is 0 Å². The van der Waals surface area contributed by atoms with E-state index in [0.717, 1.165) is 0 Å². The monoisotopic (exact) mass is 292 g/mol. The second-order valence-corrected chi connectivity index (χ2v) is 4.68. The van der Waals surface area contributed by atoms with Crippen molar-refractivity contribution >= 4 is 17.8 Å². The van der Waals surface area contributed by atoms with E-state index in [-0.39, 0.29) is 17.5 Å². The summed E-state index contributed by atoms with van der Waals surface area (Å²) in [5, 5.41) is 0. The van der Waals surface area contributed by atoms with Crippen LogP contribution in [0.25, 0.3) is 6.08 Å². The van der Waals surface area contributed by atoms with Gasteiger partial charge in [0.05, 0.1) is 20.3 Å². The average molecular weight is 292 g/mol. The first kappa shape index (κ1) is 16.8. The molecule has 114 valence electrons. The molecule has 0 radical (unpaired) electrons. The number of hydrogen-bond acceptors (Lipinski definition) is 5. The van der Waals surface area contributed by atoms with E-state index >= 15 is 0 Å². The maximum Gasteiger partial charge on any atom is 0.342 e. The molecule has 0 aliphatic carbocycles. The SMILES string of the molecule is COc1ccc(/C=C(/C(C)=O)C(=O)OC(C)C)c(OC)c1. The summed E-state index contributed by atoms with van der Waals surface area (Å²) in [4.78, 5) is 23.6. The first-order valence-corrected chi connectivity index (χ1v) is 6.54. The van der Waals surface area contributed by atoms with Crippen molar-refractivity contribution in [3.8, 4) is 11.5 Å². The molecule has 21 heavy (non-hydrogen) atoms. The zero-order valence-corrected chi connectivity index (χ0v) is 12.9. The highest BCUT2D eigenvalue weighted by molar-refractivity contribution is 6.20. The standard InChI is InChI=1S/C16H20O5/c1-10(2)21-16(18)14(11(3)17)8-12-6-7-13(19-4)9-15(12)20-5/h6-10H,1-5H3/b14-8-. The molecule has 5 nitrogen and oxygen atoms in total. The largest absolute Gasteiger partial charge is 0.497 e. The van der Waals surface area contributed by atoms with E-state index in [0.29, 0.717) is 17.1 Å². The minimum absolute atomic E-state index is 0.0211. The van der Waals surface area contributed by atoms with Gasteiger partial charge in [0, 0.05) is 11.6 Å². The Labute approximate surface area is 124 Å². The van der Waals surface area contributed by atoms with Crippen LogP contribution in [0.1, 0.15) is 26.3 Å². The van der Waals surface area contributed by atoms with Crippen LogP contribution in [-0.2, 0) is 14.3 Å². The zero-order chi connectivity index (χ0) is 16.0. The van der Waals surface area contributed by atoms with Crippen LogP contribution in [0.2, 0.25) is 0 Å². The third-order valence-corrected chi connectivity index (χ3v) is 2.68. The number of hydrogen-bond donors (Lipinski definition) is 0. The lowest BCUT2D eigenvalue weighted by Gasteiger charge is -2.11. The summed E-state index contributed by atoms with van der Waals surface area (Å²) in [6.45, 7) is 4.77. The van der Waals surface area contributed by atoms with Crippen molar-refractivity contribution in [2.75, 3.05) is 14.2 Å². The molecule has 0 fully saturated rings. The van der Waals surface area contributed by atoms with Crippen molar-refractivity contribution in [2.45, 2.75) is 26.9 Å². The fraction of sp³-hybridized carbons (Fsp3) is 0.375. The minimum Gasteiger partial charge on any atom is -0.497 e. The molecule has 0 saturated carbocycles. The van der Waals surface area contributed by atoms with Gasteiger partial charge in [-0.3, -0.25) is 4.79 Å². The third-order valence-electron chi connectivity index (χ3n) is 2.68. The van der Waals surface area contributed by atoms with Crippen molar-refractivity contribution in [3.05, 3.63) is 29.3 Å². The molecule has 5 heteroatoms. The molecule has 0 bridgehead atoms. The van der Waals surface area contributed by atoms with E-state index in [2.05, 4.69) is 0 Å². The molecule has 1 aromatic rings. The van der Waals surface area contributed by atoms with E-state index < -0.39 is 5.97 Å². The fourth-order valence-corrected chi connectivity index (χ4v) is 1.68. The Hall–Kier alpha value is -2.30. The lowest BCUT2D eigenvalue weighted by Crippen LogP contribution is -2.17. The smallest absolute Gasteiger partial charge is 0.342 e. The Bertz CT molecular complexity index is 558. The number of esters is 1. The van der Waals surface area contributed by atoms with Gasteiger partial charge in [0.25, 0.3) is 0 Å². The third kappa shape index (κ3) is 4.63. The molecular weight excluding hydrogens is 272 g/mol. The van der Waals surface area contributed by atoms with Crippen LogP contribution in [0.5, 0.6) is 11.5 Å². The number of carbonyl (C=O) groups excluding carboxylic acids is 2. The van der Waals surface area contributed by atoms with Gasteiger partial charge in [-0.05, 0) is 39.0 Å². The molecule has 0 unspecified atom stereocenters. The minimum atomic E-state index is -0.643. The van der Waals surface area contributed by atoms with Gasteiger partial charge in [-0.25, -0.2) is 4.79 Å². The normalized spacial score (nSPS) is 11.2. The molecule has 0 atom stereocenters. The number of methoxy groups -OCH3 is 2. The van der Waals surface area contributed by atoms with Gasteiger partial charge in [0.15, 0.2) is 5.78 Å². The topological polar surface area (TPSA) is 61.8 Å². The van der Waals surface area contributed by atoms with Crippen LogP contribution < -0.4 is 9.47 Å². The highest BCUT2D eigenvalue weighted by Gasteiger charge is 2.18. The summed E-state index contributed by atoms with van der Waals surface area (Å²) in [6.07, 6.45) is 1.17. The van der Waals surface area contributed by atoms with Crippen LogP contribution in [0.4, 0.5) is 0 Å². The Balaban J connectivity index is 3.22. The van der Waals surface area contributed by atoms with Gasteiger partial charge in [-0.15, -0.1) is 0 Å². The van der Waals surface area contributed by atoms with E-state index in [1.54, 1.807) is 39.2 Å². The van der Waals surface area contributed by atoms with Crippen molar-refractivity contribution in [3.63, 3.8) is 0 Å². The van der Waals surface area contributed by atoms with Gasteiger partial charge >= 0.3 is 5.97 Å². The molecule has 0 N–H and O–H groups in total. The van der Waals surface area contributed by atoms with E-state index in [1.165, 1.54) is 20.1 Å². The van der Waals surface area contributed by atoms with Crippen LogP contribution in [-0.4, -0.2) is 32.1 Å². The van der Waals surface area contributed by atoms with E-state index in [9.17, 15) is 9.59 Å². The van der Waals surface area contributed by atoms with Crippen molar-refractivity contribution in [2.24, 2.45) is 0 Å². The molecular formula is C16H20O5. The number of rotatable bonds is 6. The predicted molar refractivity (Wildman–Crippen MR) is 79.4 cm³/mol. The van der Waals surface area contributed by atoms with Gasteiger partial charge in [-0.1, -0.05) is 0 Å². The van der Waals surface area contributed by atoms with Crippen molar-refractivity contribution < 1.29 is 23.8 Å². The predicted octanol–water partition coefficient (Wildman–Crippen LogP) is 2.63. The Morgan fingerprint density at radius 2 is 1.81 bits per heavy atom. The first-order chi connectivity index (χ1) is 9.88. The second kappa shape index (κ2) is 7.47. The molecule has 0 spiro atoms. The Kier molecular flexibility index (Phi) is 5.96. The summed E-state index contributed by atoms with van der Waals surface area (Å²) >= 11 is 0. The highest BCUT2D eigenvalue weighted by Crippen LogP contribution is 2.27. The second-order valence-electron chi connectivity index (χ2n) is 4.68. The summed E-state index contributed by atoms with van der Waals surface area (Å²) in [5.74, 6) is 0.123. The number of carbonyl (C=O) groups is 2. The summed E-state index contributed by atoms with van der Waals surface area (Å²) < 4.78 is 15.4. The summed E-state index contributed by atoms with van der Waals surface area (Å²) in [7, 11) is 3.05. The van der Waals surface area contributed by atoms with Crippen LogP contribution in [0.3, 0.4) is 0 Å². The van der Waals surface area contributed by atoms with Gasteiger partial charge < -0.3 is 14.2 Å². The lowest BCUT2D eigenvalue weighted by molar-refractivity contribution is -0.143. The average Bonchev–Trinajstić information content (AvgIpc) is 2.43. The summed E-state index contributed by atoms with van der Waals surface area (Å²) in [6, 6.07) is 5.11. The Morgan fingerprint density at radius 3 is 2.29 bits per heavy atom. The van der Waals surface area contributed by atoms with Crippen LogP contribution in [0, 0.1) is 0 Å². The summed E-state index contributed by atoms with van der Waals surface area (Å²) in [5.41, 5.74) is 0.580. The van der Waals surface area contributed by atoms with Crippen molar-refractivity contribution in [1.82, 2.24) is 0 Å². The maximum atomic E-state index is 11.9. The van der Waals surface area contributed by atoms with Gasteiger partial charge in [0.2, 0.25) is 0 Å². The fourth-order valence-electron chi connectivity index (χ4n) is 1.68. The Morgan fingerprint density at radius 1 is 1.14 bits per heavy atom. The van der Waals surface area contributed by atoms with E-state index in [4.69, 9.17) is 14.2 Å². The maximum absolute atomic E-state index is 11.9. The first-order valence-electron chi connectivity index (χ1n) is 6.54. The van der Waals surface area contributed by atoms with Gasteiger partial charge in [-0.2, -0.15) is 0 Å². The lowest BCUT2D eigenvalue weighted by atomic mass is 10.1. The number of ketones is 1. The number of Topliss-reactive ketones (excluding diaryl/α,β-unsaturated/α-hetero) is 1. The molecule has 0 saturated heterocycles. The molecule has 0 aliphatic heterocycles. The van der Waals surface area contributed by atoms with Crippen LogP contribution >= 0.6 is 0 Å². The quantitative estimate of drug-likeness (QED) is 0.349. The molecule has 0 heterocycles. The zero-order valence-electron chi connectivity index (χ0n) is 12.9. The van der Waals surface area contributed by atoms with E-state index in [1.807, 2.05) is 0 Å². The molecule has 0 aliphatic rings. The van der Waals surface area contributed by atoms with Gasteiger partial charge in [0.1, 0.15) is 17.1 Å². The number of benzene rings is 1. The molecule has 0 aromatic heterocycles. The molecule has 1 rings (SSSR count). The van der Waals surface area contributed by atoms with Crippen LogP contribution in [0.15, 0.2) is 23.8 Å². The molecule has 0 amide bonds.